The zero-order valence-electron chi connectivity index (χ0n) is 19.0. The summed E-state index contributed by atoms with van der Waals surface area (Å²) in [6.07, 6.45) is 4.18. The van der Waals surface area contributed by atoms with Gasteiger partial charge in [-0.3, -0.25) is 4.79 Å². The number of carbonyl (C=O) groups excluding carboxylic acids is 1. The molecular weight excluding hydrogens is 434 g/mol. The maximum absolute atomic E-state index is 13.0. The Morgan fingerprint density at radius 2 is 1.91 bits per heavy atom. The van der Waals surface area contributed by atoms with Gasteiger partial charge in [-0.05, 0) is 36.1 Å². The molecule has 2 N–H and O–H groups in total. The minimum absolute atomic E-state index is 0.145. The molecule has 0 aliphatic carbocycles. The highest BCUT2D eigenvalue weighted by atomic mass is 16.5. The third-order valence-corrected chi connectivity index (χ3v) is 6.33. The molecule has 2 aromatic heterocycles. The van der Waals surface area contributed by atoms with E-state index in [9.17, 15) is 9.90 Å². The predicted octanol–water partition coefficient (Wildman–Crippen LogP) is 2.66. The molecule has 4 heterocycles. The van der Waals surface area contributed by atoms with Gasteiger partial charge in [-0.15, -0.1) is 0 Å². The molecule has 3 aromatic rings. The van der Waals surface area contributed by atoms with E-state index < -0.39 is 6.10 Å². The monoisotopic (exact) mass is 463 g/mol. The zero-order valence-corrected chi connectivity index (χ0v) is 19.0. The molecule has 2 fully saturated rings. The third-order valence-electron chi connectivity index (χ3n) is 6.33. The van der Waals surface area contributed by atoms with E-state index in [2.05, 4.69) is 15.3 Å². The molecule has 8 heteroatoms. The van der Waals surface area contributed by atoms with Crippen LogP contribution in [0.4, 0.5) is 0 Å². The van der Waals surface area contributed by atoms with Crippen LogP contribution in [-0.2, 0) is 15.9 Å². The molecule has 178 valence electrons. The number of amides is 1. The van der Waals surface area contributed by atoms with Gasteiger partial charge in [0.1, 0.15) is 11.8 Å². The molecule has 34 heavy (non-hydrogen) atoms. The van der Waals surface area contributed by atoms with Crippen LogP contribution in [0, 0.1) is 0 Å². The largest absolute Gasteiger partial charge is 0.474 e. The second-order valence-corrected chi connectivity index (χ2v) is 8.81. The lowest BCUT2D eigenvalue weighted by Crippen LogP contribution is -2.48. The number of hydrogen-bond acceptors (Lipinski definition) is 7. The van der Waals surface area contributed by atoms with Crippen LogP contribution < -0.4 is 10.1 Å². The highest BCUT2D eigenvalue weighted by Crippen LogP contribution is 2.23. The second kappa shape index (κ2) is 10.5. The first-order chi connectivity index (χ1) is 16.7. The maximum atomic E-state index is 13.0. The number of aliphatic hydroxyl groups excluding tert-OH is 1. The van der Waals surface area contributed by atoms with Crippen molar-refractivity contribution >= 4 is 16.8 Å². The Kier molecular flexibility index (Phi) is 6.99. The van der Waals surface area contributed by atoms with Crippen LogP contribution in [-0.4, -0.2) is 65.7 Å². The molecule has 0 unspecified atom stereocenters. The van der Waals surface area contributed by atoms with Gasteiger partial charge < -0.3 is 24.6 Å². The maximum Gasteiger partial charge on any atom is 0.270 e. The number of rotatable bonds is 6. The number of nitrogens with zero attached hydrogens (tertiary/aromatic N) is 2. The number of para-hydroxylation sites is 1. The summed E-state index contributed by atoms with van der Waals surface area (Å²) in [4.78, 5) is 22.0. The SMILES string of the molecule is O=C(N[C@H]1CCOC[C@H]1O)c1cc(Cc2ccc(OC3CCOCC3)nc2)c2ccccc2n1. The normalized spacial score (nSPS) is 21.3. The molecular formula is C26H29N3O5. The van der Waals surface area contributed by atoms with E-state index in [1.165, 1.54) is 0 Å². The van der Waals surface area contributed by atoms with E-state index >= 15 is 0 Å². The highest BCUT2D eigenvalue weighted by Gasteiger charge is 2.26. The number of aromatic nitrogens is 2. The standard InChI is InChI=1S/C26H29N3O5/c30-24-16-33-12-9-22(24)29-26(31)23-14-18(20-3-1-2-4-21(20)28-23)13-17-5-6-25(27-15-17)34-19-7-10-32-11-8-19/h1-6,14-15,19,22,24,30H,7-13,16H2,(H,29,31)/t22-,24+/m0/s1. The van der Waals surface area contributed by atoms with Crippen molar-refractivity contribution in [1.29, 1.82) is 0 Å². The number of hydrogen-bond donors (Lipinski definition) is 2. The summed E-state index contributed by atoms with van der Waals surface area (Å²) in [7, 11) is 0. The average Bonchev–Trinajstić information content (AvgIpc) is 2.87. The van der Waals surface area contributed by atoms with Gasteiger partial charge in [-0.2, -0.15) is 0 Å². The summed E-state index contributed by atoms with van der Waals surface area (Å²) in [5.41, 5.74) is 3.09. The minimum Gasteiger partial charge on any atom is -0.474 e. The van der Waals surface area contributed by atoms with Crippen LogP contribution in [0.25, 0.3) is 10.9 Å². The number of ether oxygens (including phenoxy) is 3. The Balaban J connectivity index is 1.34. The molecule has 0 spiro atoms. The first-order valence-corrected chi connectivity index (χ1v) is 11.8. The molecule has 1 aromatic carbocycles. The molecule has 0 radical (unpaired) electrons. The number of carbonyl (C=O) groups is 1. The van der Waals surface area contributed by atoms with Crippen LogP contribution in [0.5, 0.6) is 5.88 Å². The summed E-state index contributed by atoms with van der Waals surface area (Å²) in [6.45, 7) is 2.19. The van der Waals surface area contributed by atoms with Gasteiger partial charge in [0.15, 0.2) is 0 Å². The second-order valence-electron chi connectivity index (χ2n) is 8.81. The van der Waals surface area contributed by atoms with Crippen molar-refractivity contribution in [2.45, 2.75) is 43.9 Å². The molecule has 1 amide bonds. The lowest BCUT2D eigenvalue weighted by atomic mass is 10.0. The quantitative estimate of drug-likeness (QED) is 0.579. The molecule has 2 saturated heterocycles. The number of aliphatic hydroxyl groups is 1. The Bertz CT molecular complexity index is 1130. The van der Waals surface area contributed by atoms with Crippen molar-refractivity contribution in [3.05, 3.63) is 65.5 Å². The highest BCUT2D eigenvalue weighted by molar-refractivity contribution is 5.96. The minimum atomic E-state index is -0.717. The van der Waals surface area contributed by atoms with Gasteiger partial charge in [0, 0.05) is 37.1 Å². The van der Waals surface area contributed by atoms with Crippen LogP contribution in [0.2, 0.25) is 0 Å². The topological polar surface area (TPSA) is 103 Å². The van der Waals surface area contributed by atoms with E-state index in [4.69, 9.17) is 14.2 Å². The van der Waals surface area contributed by atoms with Crippen molar-refractivity contribution in [1.82, 2.24) is 15.3 Å². The van der Waals surface area contributed by atoms with Gasteiger partial charge in [-0.25, -0.2) is 9.97 Å². The fourth-order valence-electron chi connectivity index (χ4n) is 4.41. The van der Waals surface area contributed by atoms with E-state index in [0.717, 1.165) is 48.1 Å². The van der Waals surface area contributed by atoms with Gasteiger partial charge >= 0.3 is 0 Å². The third kappa shape index (κ3) is 5.35. The molecule has 0 saturated carbocycles. The van der Waals surface area contributed by atoms with E-state index in [1.54, 1.807) is 0 Å². The Labute approximate surface area is 198 Å². The van der Waals surface area contributed by atoms with Gasteiger partial charge in [0.2, 0.25) is 5.88 Å². The summed E-state index contributed by atoms with van der Waals surface area (Å²) in [6, 6.07) is 13.2. The molecule has 5 rings (SSSR count). The molecule has 8 nitrogen and oxygen atoms in total. The Morgan fingerprint density at radius 3 is 2.71 bits per heavy atom. The van der Waals surface area contributed by atoms with Gasteiger partial charge in [-0.1, -0.05) is 24.3 Å². The zero-order chi connectivity index (χ0) is 23.3. The predicted molar refractivity (Wildman–Crippen MR) is 126 cm³/mol. The van der Waals surface area contributed by atoms with E-state index in [-0.39, 0.29) is 24.7 Å². The summed E-state index contributed by atoms with van der Waals surface area (Å²) in [5, 5.41) is 14.0. The summed E-state index contributed by atoms with van der Waals surface area (Å²) < 4.78 is 16.6. The van der Waals surface area contributed by atoms with E-state index in [0.29, 0.717) is 31.0 Å². The van der Waals surface area contributed by atoms with Crippen molar-refractivity contribution in [2.24, 2.45) is 0 Å². The lowest BCUT2D eigenvalue weighted by Gasteiger charge is -2.28. The van der Waals surface area contributed by atoms with E-state index in [1.807, 2.05) is 48.7 Å². The molecule has 0 bridgehead atoms. The number of fused-ring (bicyclic) bond motifs is 1. The molecule has 2 aliphatic heterocycles. The first kappa shape index (κ1) is 22.7. The smallest absolute Gasteiger partial charge is 0.270 e. The average molecular weight is 464 g/mol. The number of nitrogens with one attached hydrogen (secondary N) is 1. The van der Waals surface area contributed by atoms with Crippen LogP contribution in [0.15, 0.2) is 48.7 Å². The first-order valence-electron chi connectivity index (χ1n) is 11.8. The lowest BCUT2D eigenvalue weighted by molar-refractivity contribution is -0.0261. The fraction of sp³-hybridized carbons (Fsp3) is 0.423. The molecule has 2 atom stereocenters. The number of benzene rings is 1. The van der Waals surface area contributed by atoms with Crippen LogP contribution in [0.1, 0.15) is 40.9 Å². The van der Waals surface area contributed by atoms with Crippen molar-refractivity contribution < 1.29 is 24.1 Å². The van der Waals surface area contributed by atoms with Crippen LogP contribution >= 0.6 is 0 Å². The van der Waals surface area contributed by atoms with Crippen molar-refractivity contribution in [2.75, 3.05) is 26.4 Å². The summed E-state index contributed by atoms with van der Waals surface area (Å²) in [5.74, 6) is 0.321. The number of pyridine rings is 2. The van der Waals surface area contributed by atoms with Gasteiger partial charge in [0.25, 0.3) is 5.91 Å². The summed E-state index contributed by atoms with van der Waals surface area (Å²) >= 11 is 0. The van der Waals surface area contributed by atoms with Gasteiger partial charge in [0.05, 0.1) is 37.5 Å². The van der Waals surface area contributed by atoms with Crippen molar-refractivity contribution in [3.63, 3.8) is 0 Å². The Hall–Kier alpha value is -3.07. The fourth-order valence-corrected chi connectivity index (χ4v) is 4.41. The Morgan fingerprint density at radius 1 is 1.09 bits per heavy atom. The molecule has 2 aliphatic rings. The van der Waals surface area contributed by atoms with Crippen LogP contribution in [0.3, 0.4) is 0 Å². The van der Waals surface area contributed by atoms with Crippen molar-refractivity contribution in [3.8, 4) is 5.88 Å².